The Balaban J connectivity index is 1.76. The van der Waals surface area contributed by atoms with Crippen molar-refractivity contribution in [3.63, 3.8) is 0 Å². The fraction of sp³-hybridized carbons (Fsp3) is 0.150. The van der Waals surface area contributed by atoms with E-state index in [2.05, 4.69) is 16.9 Å². The largest absolute Gasteiger partial charge is 0.351 e. The summed E-state index contributed by atoms with van der Waals surface area (Å²) in [6.07, 6.45) is 1.59. The Morgan fingerprint density at radius 3 is 2.86 bits per heavy atom. The number of aromatic nitrogens is 2. The molecule has 0 saturated heterocycles. The van der Waals surface area contributed by atoms with E-state index in [1.807, 2.05) is 0 Å². The summed E-state index contributed by atoms with van der Waals surface area (Å²) in [5.41, 5.74) is 0.644. The predicted molar refractivity (Wildman–Crippen MR) is 110 cm³/mol. The van der Waals surface area contributed by atoms with Crippen LogP contribution >= 0.6 is 23.4 Å². The van der Waals surface area contributed by atoms with Gasteiger partial charge < -0.3 is 5.32 Å². The first-order valence-electron chi connectivity index (χ1n) is 8.43. The zero-order chi connectivity index (χ0) is 20.1. The summed E-state index contributed by atoms with van der Waals surface area (Å²) in [4.78, 5) is 29.4. The number of hydrogen-bond donors (Lipinski definition) is 1. The molecule has 1 N–H and O–H groups in total. The number of allylic oxidation sites excluding steroid dienone is 1. The van der Waals surface area contributed by atoms with Gasteiger partial charge in [0, 0.05) is 23.7 Å². The highest BCUT2D eigenvalue weighted by atomic mass is 35.5. The van der Waals surface area contributed by atoms with Crippen LogP contribution in [0.4, 0.5) is 4.39 Å². The molecule has 3 rings (SSSR count). The lowest BCUT2D eigenvalue weighted by Crippen LogP contribution is -2.27. The summed E-state index contributed by atoms with van der Waals surface area (Å²) in [5.74, 6) is -0.633. The lowest BCUT2D eigenvalue weighted by molar-refractivity contribution is -0.118. The van der Waals surface area contributed by atoms with Crippen LogP contribution in [0, 0.1) is 5.82 Å². The summed E-state index contributed by atoms with van der Waals surface area (Å²) in [5, 5.41) is 3.97. The molecule has 0 bridgehead atoms. The molecule has 0 fully saturated rings. The molecule has 2 aromatic carbocycles. The number of benzene rings is 2. The second kappa shape index (κ2) is 9.03. The van der Waals surface area contributed by atoms with E-state index in [0.29, 0.717) is 26.6 Å². The molecule has 0 radical (unpaired) electrons. The Hall–Kier alpha value is -2.64. The van der Waals surface area contributed by atoms with E-state index in [1.54, 1.807) is 42.5 Å². The minimum Gasteiger partial charge on any atom is -0.351 e. The van der Waals surface area contributed by atoms with Crippen LogP contribution in [-0.4, -0.2) is 21.2 Å². The number of thioether (sulfide) groups is 1. The number of amides is 1. The molecule has 0 aliphatic carbocycles. The summed E-state index contributed by atoms with van der Waals surface area (Å²) >= 11 is 7.12. The predicted octanol–water partition coefficient (Wildman–Crippen LogP) is 3.78. The minimum absolute atomic E-state index is 0.0319. The Morgan fingerprint density at radius 1 is 1.32 bits per heavy atom. The van der Waals surface area contributed by atoms with Crippen molar-refractivity contribution in [1.82, 2.24) is 14.9 Å². The average molecular weight is 418 g/mol. The van der Waals surface area contributed by atoms with Crippen LogP contribution in [0.2, 0.25) is 5.02 Å². The first kappa shape index (κ1) is 20.1. The monoisotopic (exact) mass is 417 g/mol. The number of carbonyl (C=O) groups is 1. The van der Waals surface area contributed by atoms with Gasteiger partial charge in [-0.15, -0.1) is 6.58 Å². The van der Waals surface area contributed by atoms with Gasteiger partial charge in [0.2, 0.25) is 5.91 Å². The number of hydrogen-bond acceptors (Lipinski definition) is 4. The van der Waals surface area contributed by atoms with E-state index >= 15 is 0 Å². The van der Waals surface area contributed by atoms with Gasteiger partial charge in [-0.25, -0.2) is 9.37 Å². The molecule has 3 aromatic rings. The van der Waals surface area contributed by atoms with Gasteiger partial charge in [-0.1, -0.05) is 47.6 Å². The normalized spacial score (nSPS) is 10.8. The van der Waals surface area contributed by atoms with Crippen molar-refractivity contribution in [1.29, 1.82) is 0 Å². The van der Waals surface area contributed by atoms with Crippen LogP contribution in [0.15, 0.2) is 65.1 Å². The van der Waals surface area contributed by atoms with Crippen molar-refractivity contribution < 1.29 is 9.18 Å². The average Bonchev–Trinajstić information content (AvgIpc) is 2.68. The van der Waals surface area contributed by atoms with Crippen LogP contribution < -0.4 is 10.9 Å². The van der Waals surface area contributed by atoms with Crippen LogP contribution in [0.25, 0.3) is 10.9 Å². The SMILES string of the molecule is C=CCn1c(SCC(=O)NCc2ccccc2F)nc2cc(Cl)ccc2c1=O. The molecule has 0 atom stereocenters. The van der Waals surface area contributed by atoms with Gasteiger partial charge in [-0.3, -0.25) is 14.2 Å². The Morgan fingerprint density at radius 2 is 2.11 bits per heavy atom. The molecule has 5 nitrogen and oxygen atoms in total. The van der Waals surface area contributed by atoms with Crippen molar-refractivity contribution in [2.24, 2.45) is 0 Å². The maximum absolute atomic E-state index is 13.6. The fourth-order valence-corrected chi connectivity index (χ4v) is 3.60. The first-order valence-corrected chi connectivity index (χ1v) is 9.80. The molecular weight excluding hydrogens is 401 g/mol. The zero-order valence-electron chi connectivity index (χ0n) is 14.8. The van der Waals surface area contributed by atoms with Crippen LogP contribution in [0.3, 0.4) is 0 Å². The third-order valence-corrected chi connectivity index (χ3v) is 5.17. The molecule has 0 unspecified atom stereocenters. The van der Waals surface area contributed by atoms with E-state index in [1.165, 1.54) is 10.6 Å². The number of rotatable bonds is 7. The highest BCUT2D eigenvalue weighted by Crippen LogP contribution is 2.20. The molecule has 28 heavy (non-hydrogen) atoms. The van der Waals surface area contributed by atoms with E-state index in [0.717, 1.165) is 11.8 Å². The quantitative estimate of drug-likeness (QED) is 0.361. The molecule has 0 aliphatic heterocycles. The summed E-state index contributed by atoms with van der Waals surface area (Å²) in [7, 11) is 0. The van der Waals surface area contributed by atoms with Crippen LogP contribution in [-0.2, 0) is 17.9 Å². The molecule has 0 spiro atoms. The van der Waals surface area contributed by atoms with Crippen molar-refractivity contribution in [2.45, 2.75) is 18.2 Å². The van der Waals surface area contributed by atoms with Crippen molar-refractivity contribution >= 4 is 40.2 Å². The standard InChI is InChI=1S/C20H17ClFN3O2S/c1-2-9-25-19(27)15-8-7-14(21)10-17(15)24-20(25)28-12-18(26)23-11-13-5-3-4-6-16(13)22/h2-8,10H,1,9,11-12H2,(H,23,26). The maximum atomic E-state index is 13.6. The van der Waals surface area contributed by atoms with Crippen molar-refractivity contribution in [3.8, 4) is 0 Å². The molecule has 8 heteroatoms. The fourth-order valence-electron chi connectivity index (χ4n) is 2.59. The van der Waals surface area contributed by atoms with Gasteiger partial charge in [-0.05, 0) is 24.3 Å². The minimum atomic E-state index is -0.372. The van der Waals surface area contributed by atoms with Crippen LogP contribution in [0.5, 0.6) is 0 Å². The van der Waals surface area contributed by atoms with E-state index in [9.17, 15) is 14.0 Å². The lowest BCUT2D eigenvalue weighted by atomic mass is 10.2. The van der Waals surface area contributed by atoms with Gasteiger partial charge in [0.25, 0.3) is 5.56 Å². The summed E-state index contributed by atoms with van der Waals surface area (Å²) in [6.45, 7) is 4.02. The highest BCUT2D eigenvalue weighted by molar-refractivity contribution is 7.99. The lowest BCUT2D eigenvalue weighted by Gasteiger charge is -2.12. The number of carbonyl (C=O) groups excluding carboxylic acids is 1. The number of nitrogens with zero attached hydrogens (tertiary/aromatic N) is 2. The van der Waals surface area contributed by atoms with Gasteiger partial charge in [-0.2, -0.15) is 0 Å². The van der Waals surface area contributed by atoms with Gasteiger partial charge in [0.05, 0.1) is 16.7 Å². The third kappa shape index (κ3) is 4.61. The van der Waals surface area contributed by atoms with Gasteiger partial charge in [0.15, 0.2) is 5.16 Å². The molecule has 1 aromatic heterocycles. The summed E-state index contributed by atoms with van der Waals surface area (Å²) < 4.78 is 15.1. The smallest absolute Gasteiger partial charge is 0.262 e. The summed E-state index contributed by atoms with van der Waals surface area (Å²) in [6, 6.07) is 11.1. The highest BCUT2D eigenvalue weighted by Gasteiger charge is 2.13. The molecule has 0 aliphatic rings. The zero-order valence-corrected chi connectivity index (χ0v) is 16.4. The Bertz CT molecular complexity index is 1100. The van der Waals surface area contributed by atoms with Crippen molar-refractivity contribution in [3.05, 3.63) is 81.9 Å². The number of fused-ring (bicyclic) bond motifs is 1. The van der Waals surface area contributed by atoms with Gasteiger partial charge >= 0.3 is 0 Å². The first-order chi connectivity index (χ1) is 13.5. The number of nitrogens with one attached hydrogen (secondary N) is 1. The Kier molecular flexibility index (Phi) is 6.49. The second-order valence-electron chi connectivity index (χ2n) is 5.92. The second-order valence-corrected chi connectivity index (χ2v) is 7.30. The molecule has 0 saturated carbocycles. The van der Waals surface area contributed by atoms with E-state index < -0.39 is 0 Å². The third-order valence-electron chi connectivity index (χ3n) is 3.96. The Labute approximate surface area is 170 Å². The van der Waals surface area contributed by atoms with Gasteiger partial charge in [0.1, 0.15) is 5.82 Å². The van der Waals surface area contributed by atoms with E-state index in [4.69, 9.17) is 11.6 Å². The molecule has 144 valence electrons. The number of halogens is 2. The molecule has 1 amide bonds. The van der Waals surface area contributed by atoms with E-state index in [-0.39, 0.29) is 36.1 Å². The van der Waals surface area contributed by atoms with Crippen molar-refractivity contribution in [2.75, 3.05) is 5.75 Å². The van der Waals surface area contributed by atoms with Crippen LogP contribution in [0.1, 0.15) is 5.56 Å². The maximum Gasteiger partial charge on any atom is 0.262 e. The molecule has 1 heterocycles. The topological polar surface area (TPSA) is 64.0 Å². The molecular formula is C20H17ClFN3O2S.